The molecule has 0 aliphatic rings. The summed E-state index contributed by atoms with van der Waals surface area (Å²) in [6.07, 6.45) is 4.41. The van der Waals surface area contributed by atoms with Crippen molar-refractivity contribution in [2.45, 2.75) is 26.3 Å². The van der Waals surface area contributed by atoms with E-state index in [4.69, 9.17) is 4.52 Å². The zero-order valence-electron chi connectivity index (χ0n) is 11.3. The molecule has 3 heterocycles. The maximum atomic E-state index is 5.34. The van der Waals surface area contributed by atoms with E-state index in [-0.39, 0.29) is 6.04 Å². The molecular weight excluding hydrogens is 256 g/mol. The number of aryl methyl sites for hydroxylation is 1. The average molecular weight is 270 g/mol. The van der Waals surface area contributed by atoms with Crippen LogP contribution in [0.3, 0.4) is 0 Å². The van der Waals surface area contributed by atoms with Gasteiger partial charge in [0.05, 0.1) is 5.69 Å². The average Bonchev–Trinajstić information content (AvgIpc) is 3.12. The number of hydrogen-bond donors (Lipinski definition) is 0. The van der Waals surface area contributed by atoms with Gasteiger partial charge in [0, 0.05) is 12.4 Å². The molecule has 0 aliphatic heterocycles. The van der Waals surface area contributed by atoms with Gasteiger partial charge in [-0.15, -0.1) is 5.10 Å². The Morgan fingerprint density at radius 1 is 1.30 bits per heavy atom. The van der Waals surface area contributed by atoms with Gasteiger partial charge in [0.25, 0.3) is 5.89 Å². The predicted octanol–water partition coefficient (Wildman–Crippen LogP) is 2.03. The lowest BCUT2D eigenvalue weighted by Gasteiger charge is -2.09. The molecule has 0 spiro atoms. The number of nitrogens with zero attached hydrogens (tertiary/aromatic N) is 6. The van der Waals surface area contributed by atoms with Crippen LogP contribution in [0, 0.1) is 6.92 Å². The molecule has 3 aromatic rings. The molecule has 1 unspecified atom stereocenters. The standard InChI is InChI=1S/C13H14N6O/c1-3-11(19-8-4-7-14-19)13-15-12(18-20-13)10-6-5-9(2)16-17-10/h4-8,11H,3H2,1-2H3. The second-order valence-electron chi connectivity index (χ2n) is 4.43. The van der Waals surface area contributed by atoms with Gasteiger partial charge in [-0.3, -0.25) is 4.68 Å². The summed E-state index contributed by atoms with van der Waals surface area (Å²) in [7, 11) is 0. The van der Waals surface area contributed by atoms with Gasteiger partial charge in [-0.25, -0.2) is 0 Å². The van der Waals surface area contributed by atoms with Crippen LogP contribution < -0.4 is 0 Å². The van der Waals surface area contributed by atoms with Crippen molar-refractivity contribution in [2.75, 3.05) is 0 Å². The highest BCUT2D eigenvalue weighted by Gasteiger charge is 2.20. The lowest BCUT2D eigenvalue weighted by atomic mass is 10.2. The van der Waals surface area contributed by atoms with E-state index < -0.39 is 0 Å². The quantitative estimate of drug-likeness (QED) is 0.721. The molecule has 3 aromatic heterocycles. The molecule has 102 valence electrons. The fraction of sp³-hybridized carbons (Fsp3) is 0.308. The Morgan fingerprint density at radius 2 is 2.20 bits per heavy atom. The largest absolute Gasteiger partial charge is 0.337 e. The fourth-order valence-corrected chi connectivity index (χ4v) is 1.93. The molecular formula is C13H14N6O. The van der Waals surface area contributed by atoms with Crippen LogP contribution in [0.15, 0.2) is 35.1 Å². The molecule has 1 atom stereocenters. The van der Waals surface area contributed by atoms with Crippen LogP contribution in [0.2, 0.25) is 0 Å². The first kappa shape index (κ1) is 12.5. The van der Waals surface area contributed by atoms with Crippen molar-refractivity contribution < 1.29 is 4.52 Å². The predicted molar refractivity (Wildman–Crippen MR) is 70.7 cm³/mol. The molecule has 0 saturated heterocycles. The van der Waals surface area contributed by atoms with Gasteiger partial charge < -0.3 is 4.52 Å². The first-order valence-electron chi connectivity index (χ1n) is 6.41. The molecule has 0 bridgehead atoms. The summed E-state index contributed by atoms with van der Waals surface area (Å²) in [6.45, 7) is 3.92. The number of hydrogen-bond acceptors (Lipinski definition) is 6. The Balaban J connectivity index is 1.91. The Hall–Kier alpha value is -2.57. The molecule has 7 heteroatoms. The minimum absolute atomic E-state index is 0.0651. The lowest BCUT2D eigenvalue weighted by molar-refractivity contribution is 0.321. The van der Waals surface area contributed by atoms with Gasteiger partial charge in [-0.05, 0) is 31.5 Å². The van der Waals surface area contributed by atoms with E-state index in [2.05, 4.69) is 25.4 Å². The SMILES string of the molecule is CCC(c1nc(-c2ccc(C)nn2)no1)n1cccn1. The van der Waals surface area contributed by atoms with Crippen LogP contribution in [0.1, 0.15) is 31.0 Å². The van der Waals surface area contributed by atoms with Crippen LogP contribution in [0.5, 0.6) is 0 Å². The van der Waals surface area contributed by atoms with Crippen LogP contribution in [-0.2, 0) is 0 Å². The monoisotopic (exact) mass is 270 g/mol. The Labute approximate surface area is 115 Å². The van der Waals surface area contributed by atoms with Crippen molar-refractivity contribution in [2.24, 2.45) is 0 Å². The molecule has 0 N–H and O–H groups in total. The molecule has 7 nitrogen and oxygen atoms in total. The molecule has 0 aromatic carbocycles. The van der Waals surface area contributed by atoms with E-state index in [1.165, 1.54) is 0 Å². The van der Waals surface area contributed by atoms with Crippen LogP contribution in [0.25, 0.3) is 11.5 Å². The molecule has 20 heavy (non-hydrogen) atoms. The van der Waals surface area contributed by atoms with Crippen LogP contribution in [-0.4, -0.2) is 30.1 Å². The Kier molecular flexibility index (Phi) is 3.24. The van der Waals surface area contributed by atoms with Gasteiger partial charge in [-0.2, -0.15) is 15.2 Å². The minimum atomic E-state index is -0.0651. The third kappa shape index (κ3) is 2.29. The first-order valence-corrected chi connectivity index (χ1v) is 6.41. The summed E-state index contributed by atoms with van der Waals surface area (Å²) in [5, 5.41) is 16.2. The minimum Gasteiger partial charge on any atom is -0.337 e. The van der Waals surface area contributed by atoms with Gasteiger partial charge in [0.1, 0.15) is 11.7 Å². The maximum absolute atomic E-state index is 5.34. The van der Waals surface area contributed by atoms with Gasteiger partial charge in [-0.1, -0.05) is 12.1 Å². The van der Waals surface area contributed by atoms with Crippen molar-refractivity contribution in [1.29, 1.82) is 0 Å². The second kappa shape index (κ2) is 5.20. The second-order valence-corrected chi connectivity index (χ2v) is 4.43. The topological polar surface area (TPSA) is 82.5 Å². The highest BCUT2D eigenvalue weighted by Crippen LogP contribution is 2.21. The van der Waals surface area contributed by atoms with Crippen molar-refractivity contribution >= 4 is 0 Å². The summed E-state index contributed by atoms with van der Waals surface area (Å²) in [5.41, 5.74) is 1.45. The van der Waals surface area contributed by atoms with E-state index in [9.17, 15) is 0 Å². The third-order valence-electron chi connectivity index (χ3n) is 2.98. The van der Waals surface area contributed by atoms with Gasteiger partial charge in [0.15, 0.2) is 0 Å². The van der Waals surface area contributed by atoms with Gasteiger partial charge >= 0.3 is 0 Å². The van der Waals surface area contributed by atoms with Crippen molar-refractivity contribution in [1.82, 2.24) is 30.1 Å². The summed E-state index contributed by atoms with van der Waals surface area (Å²) in [4.78, 5) is 4.40. The molecule has 0 amide bonds. The summed E-state index contributed by atoms with van der Waals surface area (Å²) in [6, 6.07) is 5.49. The summed E-state index contributed by atoms with van der Waals surface area (Å²) >= 11 is 0. The molecule has 0 saturated carbocycles. The van der Waals surface area contributed by atoms with E-state index in [1.54, 1.807) is 10.9 Å². The van der Waals surface area contributed by atoms with E-state index in [1.807, 2.05) is 38.2 Å². The maximum Gasteiger partial charge on any atom is 0.251 e. The van der Waals surface area contributed by atoms with Gasteiger partial charge in [0.2, 0.25) is 5.82 Å². The zero-order chi connectivity index (χ0) is 13.9. The normalized spacial score (nSPS) is 12.5. The van der Waals surface area contributed by atoms with Crippen LogP contribution >= 0.6 is 0 Å². The molecule has 0 radical (unpaired) electrons. The molecule has 0 aliphatic carbocycles. The Bertz CT molecular complexity index is 673. The highest BCUT2D eigenvalue weighted by molar-refractivity contribution is 5.46. The van der Waals surface area contributed by atoms with E-state index >= 15 is 0 Å². The van der Waals surface area contributed by atoms with Crippen LogP contribution in [0.4, 0.5) is 0 Å². The van der Waals surface area contributed by atoms with Crippen molar-refractivity contribution in [3.63, 3.8) is 0 Å². The van der Waals surface area contributed by atoms with E-state index in [0.29, 0.717) is 17.4 Å². The number of aromatic nitrogens is 6. The molecule has 3 rings (SSSR count). The highest BCUT2D eigenvalue weighted by atomic mass is 16.5. The fourth-order valence-electron chi connectivity index (χ4n) is 1.93. The third-order valence-corrected chi connectivity index (χ3v) is 2.98. The first-order chi connectivity index (χ1) is 9.78. The van der Waals surface area contributed by atoms with Crippen molar-refractivity contribution in [3.05, 3.63) is 42.2 Å². The summed E-state index contributed by atoms with van der Waals surface area (Å²) in [5.74, 6) is 0.965. The Morgan fingerprint density at radius 3 is 2.85 bits per heavy atom. The molecule has 0 fully saturated rings. The smallest absolute Gasteiger partial charge is 0.251 e. The van der Waals surface area contributed by atoms with Crippen molar-refractivity contribution in [3.8, 4) is 11.5 Å². The van der Waals surface area contributed by atoms with E-state index in [0.717, 1.165) is 12.1 Å². The summed E-state index contributed by atoms with van der Waals surface area (Å²) < 4.78 is 7.14. The zero-order valence-corrected chi connectivity index (χ0v) is 11.3. The lowest BCUT2D eigenvalue weighted by Crippen LogP contribution is -2.10. The number of rotatable bonds is 4.